The topological polar surface area (TPSA) is 108 Å². The summed E-state index contributed by atoms with van der Waals surface area (Å²) in [6.45, 7) is 4.44. The number of carbonyl (C=O) groups is 1. The molecule has 0 saturated heterocycles. The number of phosphoric ester groups is 1. The first kappa shape index (κ1) is 67.4. The number of nitrogens with zero attached hydrogens (tertiary/aromatic N) is 1. The Bertz CT molecular complexity index is 1660. The van der Waals surface area contributed by atoms with Crippen LogP contribution in [0.25, 0.3) is 0 Å². The largest absolute Gasteiger partial charge is 0.756 e. The van der Waals surface area contributed by atoms with Gasteiger partial charge in [-0.2, -0.15) is 0 Å². The van der Waals surface area contributed by atoms with Gasteiger partial charge in [0.1, 0.15) is 13.2 Å². The van der Waals surface area contributed by atoms with Crippen molar-refractivity contribution in [3.63, 3.8) is 0 Å². The quantitative estimate of drug-likeness (QED) is 0.0272. The molecule has 0 rings (SSSR count). The number of allylic oxidation sites excluding steroid dienone is 23. The summed E-state index contributed by atoms with van der Waals surface area (Å²) in [5.74, 6) is -0.219. The molecule has 0 aromatic carbocycles. The molecule has 9 heteroatoms. The number of hydrogen-bond donors (Lipinski definition) is 2. The second kappa shape index (κ2) is 51.3. The lowest BCUT2D eigenvalue weighted by atomic mass is 10.1. The number of amides is 1. The van der Waals surface area contributed by atoms with Gasteiger partial charge in [-0.15, -0.1) is 0 Å². The van der Waals surface area contributed by atoms with Crippen LogP contribution in [-0.4, -0.2) is 68.5 Å². The van der Waals surface area contributed by atoms with E-state index in [1.165, 1.54) is 44.9 Å². The fourth-order valence-electron chi connectivity index (χ4n) is 6.98. The highest BCUT2D eigenvalue weighted by atomic mass is 31.2. The van der Waals surface area contributed by atoms with Gasteiger partial charge in [-0.25, -0.2) is 0 Å². The first-order chi connectivity index (χ1) is 34.5. The SMILES string of the molecule is CC/C=C\C/C=C\C/C=C\C/C=C\C/C=C\C/C=C\C/C=C\C/C=C\C/C=C\C/C=C\C/C=C\CCCCCCCCCC(=O)NC(COP(=O)([O-])OCC[N+](C)(C)C)C(O)/C=C/CCCCCCCC. The van der Waals surface area contributed by atoms with Crippen LogP contribution < -0.4 is 10.2 Å². The molecule has 402 valence electrons. The molecule has 8 nitrogen and oxygen atoms in total. The Balaban J connectivity index is 4.06. The fourth-order valence-corrected chi connectivity index (χ4v) is 7.70. The Kier molecular flexibility index (Phi) is 48.7. The van der Waals surface area contributed by atoms with Crippen LogP contribution in [-0.2, 0) is 18.4 Å². The van der Waals surface area contributed by atoms with Crippen LogP contribution in [0.4, 0.5) is 0 Å². The van der Waals surface area contributed by atoms with Gasteiger partial charge in [0.05, 0.1) is 39.9 Å². The third-order valence-corrected chi connectivity index (χ3v) is 12.3. The highest BCUT2D eigenvalue weighted by Gasteiger charge is 2.23. The van der Waals surface area contributed by atoms with Gasteiger partial charge >= 0.3 is 0 Å². The summed E-state index contributed by atoms with van der Waals surface area (Å²) in [5, 5.41) is 13.7. The van der Waals surface area contributed by atoms with E-state index in [2.05, 4.69) is 153 Å². The zero-order valence-electron chi connectivity index (χ0n) is 45.6. The minimum absolute atomic E-state index is 0.0111. The van der Waals surface area contributed by atoms with Crippen molar-refractivity contribution in [2.75, 3.05) is 40.9 Å². The Labute approximate surface area is 436 Å². The summed E-state index contributed by atoms with van der Waals surface area (Å²) in [6, 6.07) is -0.900. The van der Waals surface area contributed by atoms with Crippen molar-refractivity contribution in [2.24, 2.45) is 0 Å². The van der Waals surface area contributed by atoms with Gasteiger partial charge in [0, 0.05) is 6.42 Å². The zero-order valence-corrected chi connectivity index (χ0v) is 46.5. The second-order valence-corrected chi connectivity index (χ2v) is 20.6. The number of rotatable bonds is 48. The van der Waals surface area contributed by atoms with E-state index in [4.69, 9.17) is 9.05 Å². The number of likely N-dealkylation sites (N-methyl/N-ethyl adjacent to an activating group) is 1. The van der Waals surface area contributed by atoms with Crippen LogP contribution in [0.15, 0.2) is 146 Å². The summed E-state index contributed by atoms with van der Waals surface area (Å²) in [5.41, 5.74) is 0. The van der Waals surface area contributed by atoms with Crippen LogP contribution in [0.1, 0.15) is 187 Å². The number of nitrogens with one attached hydrogen (secondary N) is 1. The number of carbonyl (C=O) groups excluding carboxylic acids is 1. The van der Waals surface area contributed by atoms with E-state index in [-0.39, 0.29) is 12.5 Å². The molecule has 0 spiro atoms. The molecule has 0 aliphatic heterocycles. The summed E-state index contributed by atoms with van der Waals surface area (Å²) in [6.07, 6.45) is 79.4. The average Bonchev–Trinajstić information content (AvgIpc) is 3.33. The average molecular weight is 1000 g/mol. The summed E-state index contributed by atoms with van der Waals surface area (Å²) in [7, 11) is 1.23. The molecule has 0 bridgehead atoms. The molecule has 0 saturated carbocycles. The third-order valence-electron chi connectivity index (χ3n) is 11.3. The first-order valence-electron chi connectivity index (χ1n) is 27.7. The Hall–Kier alpha value is -3.62. The maximum Gasteiger partial charge on any atom is 0.268 e. The molecule has 0 aromatic rings. The van der Waals surface area contributed by atoms with Crippen molar-refractivity contribution >= 4 is 13.7 Å². The van der Waals surface area contributed by atoms with Gasteiger partial charge in [-0.1, -0.05) is 224 Å². The van der Waals surface area contributed by atoms with E-state index >= 15 is 0 Å². The predicted molar refractivity (Wildman–Crippen MR) is 306 cm³/mol. The molecule has 0 heterocycles. The molecular formula is C62H103N2O6P. The number of unbranched alkanes of at least 4 members (excludes halogenated alkanes) is 13. The third kappa shape index (κ3) is 54.0. The van der Waals surface area contributed by atoms with Gasteiger partial charge < -0.3 is 28.8 Å². The molecule has 0 fully saturated rings. The van der Waals surface area contributed by atoms with E-state index in [1.807, 2.05) is 27.2 Å². The fraction of sp³-hybridized carbons (Fsp3) is 0.597. The second-order valence-electron chi connectivity index (χ2n) is 19.2. The molecule has 0 aliphatic rings. The number of aliphatic hydroxyl groups is 1. The minimum Gasteiger partial charge on any atom is -0.756 e. The van der Waals surface area contributed by atoms with Crippen molar-refractivity contribution in [1.29, 1.82) is 0 Å². The smallest absolute Gasteiger partial charge is 0.268 e. The molecule has 0 aliphatic carbocycles. The zero-order chi connectivity index (χ0) is 52.0. The molecule has 3 atom stereocenters. The lowest BCUT2D eigenvalue weighted by Gasteiger charge is -2.29. The van der Waals surface area contributed by atoms with Crippen LogP contribution in [0, 0.1) is 0 Å². The summed E-state index contributed by atoms with van der Waals surface area (Å²) >= 11 is 0. The van der Waals surface area contributed by atoms with Crippen molar-refractivity contribution in [3.8, 4) is 0 Å². The number of quaternary nitrogens is 1. The Morgan fingerprint density at radius 3 is 1.25 bits per heavy atom. The molecule has 2 N–H and O–H groups in total. The van der Waals surface area contributed by atoms with E-state index in [9.17, 15) is 19.4 Å². The Morgan fingerprint density at radius 1 is 0.507 bits per heavy atom. The van der Waals surface area contributed by atoms with E-state index in [0.717, 1.165) is 122 Å². The summed E-state index contributed by atoms with van der Waals surface area (Å²) in [4.78, 5) is 25.3. The van der Waals surface area contributed by atoms with Crippen molar-refractivity contribution in [1.82, 2.24) is 5.32 Å². The van der Waals surface area contributed by atoms with Crippen LogP contribution in [0.2, 0.25) is 0 Å². The molecule has 0 radical (unpaired) electrons. The molecule has 71 heavy (non-hydrogen) atoms. The molecular weight excluding hydrogens is 900 g/mol. The minimum atomic E-state index is -4.60. The lowest BCUT2D eigenvalue weighted by Crippen LogP contribution is -2.45. The monoisotopic (exact) mass is 1000 g/mol. The van der Waals surface area contributed by atoms with Crippen molar-refractivity contribution < 1.29 is 32.9 Å². The van der Waals surface area contributed by atoms with Gasteiger partial charge in [0.25, 0.3) is 7.82 Å². The standard InChI is InChI=1S/C62H103N2O6P/c1-6-8-10-12-14-16-17-18-19-20-21-22-23-24-25-26-27-28-29-30-31-32-33-34-35-36-37-38-39-40-41-42-43-44-45-46-47-48-50-52-54-56-62(66)63-60(59-70-71(67,68)69-58-57-64(3,4)5)61(65)55-53-51-49-15-13-11-9-7-2/h8,10,14,16,18-19,21-22,24-25,27-28,30-31,33-34,36-37,39-40,42-43,53,55,60-61,65H,6-7,9,11-13,15,17,20,23,26,29,32,35,38,41,44-52,54,56-59H2,1-5H3,(H-,63,66,67,68)/b10-8-,16-14-,19-18-,22-21-,25-24-,28-27-,31-30-,34-33-,37-36-,40-39-,43-42-,55-53+. The summed E-state index contributed by atoms with van der Waals surface area (Å²) < 4.78 is 23.1. The highest BCUT2D eigenvalue weighted by molar-refractivity contribution is 7.45. The molecule has 3 unspecified atom stereocenters. The number of phosphoric acid groups is 1. The van der Waals surface area contributed by atoms with Crippen molar-refractivity contribution in [3.05, 3.63) is 146 Å². The van der Waals surface area contributed by atoms with E-state index in [1.54, 1.807) is 6.08 Å². The highest BCUT2D eigenvalue weighted by Crippen LogP contribution is 2.38. The van der Waals surface area contributed by atoms with Crippen LogP contribution in [0.3, 0.4) is 0 Å². The maximum atomic E-state index is 12.9. The van der Waals surface area contributed by atoms with E-state index < -0.39 is 26.6 Å². The van der Waals surface area contributed by atoms with Gasteiger partial charge in [0.2, 0.25) is 5.91 Å². The number of hydrogen-bond acceptors (Lipinski definition) is 6. The number of aliphatic hydroxyl groups excluding tert-OH is 1. The van der Waals surface area contributed by atoms with Crippen molar-refractivity contribution in [2.45, 2.75) is 199 Å². The van der Waals surface area contributed by atoms with Crippen LogP contribution >= 0.6 is 7.82 Å². The van der Waals surface area contributed by atoms with E-state index in [0.29, 0.717) is 17.4 Å². The van der Waals surface area contributed by atoms with Gasteiger partial charge in [0.15, 0.2) is 0 Å². The van der Waals surface area contributed by atoms with Crippen LogP contribution in [0.5, 0.6) is 0 Å². The Morgan fingerprint density at radius 2 is 0.859 bits per heavy atom. The molecule has 0 aromatic heterocycles. The first-order valence-corrected chi connectivity index (χ1v) is 29.2. The van der Waals surface area contributed by atoms with Gasteiger partial charge in [-0.3, -0.25) is 9.36 Å². The lowest BCUT2D eigenvalue weighted by molar-refractivity contribution is -0.870. The predicted octanol–water partition coefficient (Wildman–Crippen LogP) is 16.3. The maximum absolute atomic E-state index is 12.9. The van der Waals surface area contributed by atoms with Gasteiger partial charge in [-0.05, 0) is 103 Å². The normalized spacial score (nSPS) is 15.1. The molecule has 1 amide bonds.